The highest BCUT2D eigenvalue weighted by Crippen LogP contribution is 2.36. The molecule has 0 radical (unpaired) electrons. The summed E-state index contributed by atoms with van der Waals surface area (Å²) in [7, 11) is 5.55. The quantitative estimate of drug-likeness (QED) is 0.731. The van der Waals surface area contributed by atoms with Gasteiger partial charge in [0.2, 0.25) is 11.8 Å². The Balaban J connectivity index is 1.86. The number of hydrogen-bond acceptors (Lipinski definition) is 3. The maximum atomic E-state index is 13.9. The standard InChI is InChI=1S/C24H29F2N3O2/c1-28(2)14-13-21(16-7-9-18(25)10-8-16)27-24(31)20-11-12-22(30)29(3)23(20)17-5-4-6-19(26)15-17/h4-10,15,20-21,23H,11-14H2,1-3H3,(H,27,31). The van der Waals surface area contributed by atoms with Crippen LogP contribution in [-0.2, 0) is 9.59 Å². The van der Waals surface area contributed by atoms with Gasteiger partial charge in [-0.15, -0.1) is 0 Å². The Hall–Kier alpha value is -2.80. The zero-order chi connectivity index (χ0) is 22.5. The van der Waals surface area contributed by atoms with Gasteiger partial charge in [-0.3, -0.25) is 9.59 Å². The molecule has 1 N–H and O–H groups in total. The van der Waals surface area contributed by atoms with Crippen LogP contribution in [0.3, 0.4) is 0 Å². The molecule has 3 unspecified atom stereocenters. The van der Waals surface area contributed by atoms with Gasteiger partial charge >= 0.3 is 0 Å². The molecule has 0 saturated carbocycles. The van der Waals surface area contributed by atoms with Crippen molar-refractivity contribution in [3.63, 3.8) is 0 Å². The van der Waals surface area contributed by atoms with Gasteiger partial charge in [-0.1, -0.05) is 24.3 Å². The van der Waals surface area contributed by atoms with E-state index in [4.69, 9.17) is 0 Å². The molecule has 2 amide bonds. The van der Waals surface area contributed by atoms with Crippen molar-refractivity contribution in [2.45, 2.75) is 31.3 Å². The predicted molar refractivity (Wildman–Crippen MR) is 115 cm³/mol. The van der Waals surface area contributed by atoms with E-state index in [1.165, 1.54) is 29.2 Å². The molecular formula is C24H29F2N3O2. The maximum Gasteiger partial charge on any atom is 0.226 e. The number of hydrogen-bond donors (Lipinski definition) is 1. The van der Waals surface area contributed by atoms with Gasteiger partial charge in [0.1, 0.15) is 11.6 Å². The van der Waals surface area contributed by atoms with Gasteiger partial charge in [0, 0.05) is 13.5 Å². The Morgan fingerprint density at radius 1 is 1.16 bits per heavy atom. The summed E-state index contributed by atoms with van der Waals surface area (Å²) >= 11 is 0. The molecule has 0 aromatic heterocycles. The third kappa shape index (κ3) is 5.67. The van der Waals surface area contributed by atoms with Crippen LogP contribution in [0.2, 0.25) is 0 Å². The van der Waals surface area contributed by atoms with Crippen molar-refractivity contribution in [2.24, 2.45) is 5.92 Å². The topological polar surface area (TPSA) is 52.7 Å². The lowest BCUT2D eigenvalue weighted by atomic mass is 9.83. The number of likely N-dealkylation sites (tertiary alicyclic amines) is 1. The fourth-order valence-electron chi connectivity index (χ4n) is 4.14. The lowest BCUT2D eigenvalue weighted by Crippen LogP contribution is -2.47. The minimum Gasteiger partial charge on any atom is -0.349 e. The van der Waals surface area contributed by atoms with Crippen LogP contribution < -0.4 is 5.32 Å². The highest BCUT2D eigenvalue weighted by molar-refractivity contribution is 5.85. The molecule has 1 aliphatic rings. The van der Waals surface area contributed by atoms with Crippen LogP contribution in [0.25, 0.3) is 0 Å². The van der Waals surface area contributed by atoms with E-state index in [-0.39, 0.29) is 30.1 Å². The number of halogens is 2. The van der Waals surface area contributed by atoms with Gasteiger partial charge < -0.3 is 15.1 Å². The monoisotopic (exact) mass is 429 g/mol. The highest BCUT2D eigenvalue weighted by atomic mass is 19.1. The number of piperidine rings is 1. The zero-order valence-corrected chi connectivity index (χ0v) is 18.1. The molecule has 7 heteroatoms. The number of nitrogens with one attached hydrogen (secondary N) is 1. The van der Waals surface area contributed by atoms with Crippen LogP contribution in [0.1, 0.15) is 42.5 Å². The van der Waals surface area contributed by atoms with Crippen LogP contribution in [-0.4, -0.2) is 49.3 Å². The fraction of sp³-hybridized carbons (Fsp3) is 0.417. The number of carbonyl (C=O) groups is 2. The third-order valence-corrected chi connectivity index (χ3v) is 5.84. The molecule has 3 rings (SSSR count). The molecule has 1 heterocycles. The first-order chi connectivity index (χ1) is 14.8. The van der Waals surface area contributed by atoms with Crippen LogP contribution in [0, 0.1) is 17.6 Å². The van der Waals surface area contributed by atoms with E-state index in [1.54, 1.807) is 31.3 Å². The maximum absolute atomic E-state index is 13.9. The Morgan fingerprint density at radius 3 is 2.52 bits per heavy atom. The lowest BCUT2D eigenvalue weighted by molar-refractivity contribution is -0.142. The van der Waals surface area contributed by atoms with E-state index < -0.39 is 17.8 Å². The average molecular weight is 430 g/mol. The second kappa shape index (κ2) is 10.0. The molecule has 3 atom stereocenters. The first-order valence-electron chi connectivity index (χ1n) is 10.5. The van der Waals surface area contributed by atoms with E-state index in [1.807, 2.05) is 19.0 Å². The first-order valence-corrected chi connectivity index (χ1v) is 10.5. The van der Waals surface area contributed by atoms with E-state index in [2.05, 4.69) is 5.32 Å². The minimum atomic E-state index is -0.542. The molecule has 31 heavy (non-hydrogen) atoms. The van der Waals surface area contributed by atoms with Crippen molar-refractivity contribution >= 4 is 11.8 Å². The fourth-order valence-corrected chi connectivity index (χ4v) is 4.14. The number of amides is 2. The highest BCUT2D eigenvalue weighted by Gasteiger charge is 2.39. The predicted octanol–water partition coefficient (Wildman–Crippen LogP) is 3.68. The van der Waals surface area contributed by atoms with Crippen molar-refractivity contribution < 1.29 is 18.4 Å². The molecule has 166 valence electrons. The molecule has 1 fully saturated rings. The van der Waals surface area contributed by atoms with E-state index in [9.17, 15) is 18.4 Å². The van der Waals surface area contributed by atoms with Crippen molar-refractivity contribution in [2.75, 3.05) is 27.7 Å². The molecule has 2 aromatic rings. The van der Waals surface area contributed by atoms with Crippen LogP contribution in [0.5, 0.6) is 0 Å². The van der Waals surface area contributed by atoms with E-state index >= 15 is 0 Å². The molecule has 0 bridgehead atoms. The Labute approximate surface area is 182 Å². The minimum absolute atomic E-state index is 0.0685. The SMILES string of the molecule is CN(C)CCC(NC(=O)C1CCC(=O)N(C)C1c1cccc(F)c1)c1ccc(F)cc1. The summed E-state index contributed by atoms with van der Waals surface area (Å²) in [6.07, 6.45) is 1.30. The Bertz CT molecular complexity index is 917. The molecular weight excluding hydrogens is 400 g/mol. The smallest absolute Gasteiger partial charge is 0.226 e. The summed E-state index contributed by atoms with van der Waals surface area (Å²) in [6.45, 7) is 0.735. The number of nitrogens with zero attached hydrogens (tertiary/aromatic N) is 2. The lowest BCUT2D eigenvalue weighted by Gasteiger charge is -2.39. The second-order valence-corrected chi connectivity index (χ2v) is 8.35. The van der Waals surface area contributed by atoms with Crippen molar-refractivity contribution in [3.8, 4) is 0 Å². The van der Waals surface area contributed by atoms with Gasteiger partial charge in [0.05, 0.1) is 18.0 Å². The molecule has 1 aliphatic heterocycles. The van der Waals surface area contributed by atoms with Gasteiger partial charge in [-0.2, -0.15) is 0 Å². The van der Waals surface area contributed by atoms with Gasteiger partial charge in [0.15, 0.2) is 0 Å². The van der Waals surface area contributed by atoms with E-state index in [0.717, 1.165) is 12.1 Å². The van der Waals surface area contributed by atoms with Gasteiger partial charge in [-0.25, -0.2) is 8.78 Å². The first kappa shape index (κ1) is 22.9. The largest absolute Gasteiger partial charge is 0.349 e. The molecule has 5 nitrogen and oxygen atoms in total. The van der Waals surface area contributed by atoms with Crippen LogP contribution >= 0.6 is 0 Å². The second-order valence-electron chi connectivity index (χ2n) is 8.35. The van der Waals surface area contributed by atoms with Crippen LogP contribution in [0.4, 0.5) is 8.78 Å². The normalized spacial score (nSPS) is 20.1. The van der Waals surface area contributed by atoms with Gasteiger partial charge in [0.25, 0.3) is 0 Å². The summed E-state index contributed by atoms with van der Waals surface area (Å²) in [5.74, 6) is -1.51. The number of carbonyl (C=O) groups excluding carboxylic acids is 2. The Morgan fingerprint density at radius 2 is 1.87 bits per heavy atom. The molecule has 0 spiro atoms. The Kier molecular flexibility index (Phi) is 7.38. The van der Waals surface area contributed by atoms with Gasteiger partial charge in [-0.05, 0) is 68.9 Å². The summed E-state index contributed by atoms with van der Waals surface area (Å²) in [5.41, 5.74) is 1.42. The van der Waals surface area contributed by atoms with Crippen LogP contribution in [0.15, 0.2) is 48.5 Å². The molecule has 2 aromatic carbocycles. The summed E-state index contributed by atoms with van der Waals surface area (Å²) in [4.78, 5) is 29.3. The van der Waals surface area contributed by atoms with Crippen molar-refractivity contribution in [3.05, 3.63) is 71.3 Å². The number of rotatable bonds is 7. The molecule has 1 saturated heterocycles. The summed E-state index contributed by atoms with van der Waals surface area (Å²) < 4.78 is 27.3. The third-order valence-electron chi connectivity index (χ3n) is 5.84. The summed E-state index contributed by atoms with van der Waals surface area (Å²) in [5, 5.41) is 3.11. The van der Waals surface area contributed by atoms with Crippen molar-refractivity contribution in [1.82, 2.24) is 15.1 Å². The summed E-state index contributed by atoms with van der Waals surface area (Å²) in [6, 6.07) is 11.3. The van der Waals surface area contributed by atoms with E-state index in [0.29, 0.717) is 18.4 Å². The average Bonchev–Trinajstić information content (AvgIpc) is 2.73. The molecule has 0 aliphatic carbocycles. The van der Waals surface area contributed by atoms with Crippen molar-refractivity contribution in [1.29, 1.82) is 0 Å². The number of benzene rings is 2. The zero-order valence-electron chi connectivity index (χ0n) is 18.1.